The van der Waals surface area contributed by atoms with Gasteiger partial charge in [-0.05, 0) is 32.4 Å². The molecule has 0 radical (unpaired) electrons. The van der Waals surface area contributed by atoms with Gasteiger partial charge >= 0.3 is 0 Å². The number of carbonyl (C=O) groups is 1. The van der Waals surface area contributed by atoms with Crippen LogP contribution in [-0.2, 0) is 7.05 Å². The van der Waals surface area contributed by atoms with Crippen molar-refractivity contribution in [1.82, 2.24) is 9.72 Å². The predicted octanol–water partition coefficient (Wildman–Crippen LogP) is 1.55. The first-order valence-corrected chi connectivity index (χ1v) is 5.82. The molecule has 2 rings (SSSR count). The lowest BCUT2D eigenvalue weighted by molar-refractivity contribution is 0.102. The maximum Gasteiger partial charge on any atom is 0.263 e. The van der Waals surface area contributed by atoms with Crippen LogP contribution in [0.15, 0.2) is 21.5 Å². The Bertz CT molecular complexity index is 698. The van der Waals surface area contributed by atoms with E-state index in [4.69, 9.17) is 4.52 Å². The van der Waals surface area contributed by atoms with Gasteiger partial charge in [0.05, 0.1) is 0 Å². The van der Waals surface area contributed by atoms with Crippen molar-refractivity contribution >= 4 is 11.7 Å². The standard InChI is InChI=1S/C13H15N3O3/c1-7-5-8(2)16(4)13(18)11(7)12(17)14-10-6-9(3)19-15-10/h5-6H,1-4H3,(H,14,15,17). The van der Waals surface area contributed by atoms with Crippen molar-refractivity contribution in [3.8, 4) is 0 Å². The summed E-state index contributed by atoms with van der Waals surface area (Å²) in [6, 6.07) is 3.39. The van der Waals surface area contributed by atoms with E-state index in [9.17, 15) is 9.59 Å². The number of hydrogen-bond acceptors (Lipinski definition) is 4. The smallest absolute Gasteiger partial charge is 0.263 e. The fourth-order valence-corrected chi connectivity index (χ4v) is 1.86. The zero-order valence-electron chi connectivity index (χ0n) is 11.3. The van der Waals surface area contributed by atoms with Crippen LogP contribution >= 0.6 is 0 Å². The Labute approximate surface area is 110 Å². The second-order valence-electron chi connectivity index (χ2n) is 4.48. The van der Waals surface area contributed by atoms with E-state index in [2.05, 4.69) is 10.5 Å². The van der Waals surface area contributed by atoms with Crippen LogP contribution in [0.25, 0.3) is 0 Å². The van der Waals surface area contributed by atoms with Gasteiger partial charge in [0.15, 0.2) is 5.82 Å². The van der Waals surface area contributed by atoms with Gasteiger partial charge in [-0.2, -0.15) is 0 Å². The van der Waals surface area contributed by atoms with E-state index in [-0.39, 0.29) is 11.1 Å². The molecule has 0 aliphatic heterocycles. The molecule has 2 heterocycles. The molecule has 0 aromatic carbocycles. The molecular formula is C13H15N3O3. The summed E-state index contributed by atoms with van der Waals surface area (Å²) >= 11 is 0. The first-order valence-electron chi connectivity index (χ1n) is 5.82. The van der Waals surface area contributed by atoms with Crippen LogP contribution in [0.2, 0.25) is 0 Å². The van der Waals surface area contributed by atoms with E-state index < -0.39 is 5.91 Å². The molecular weight excluding hydrogens is 246 g/mol. The van der Waals surface area contributed by atoms with E-state index >= 15 is 0 Å². The molecule has 6 heteroatoms. The third kappa shape index (κ3) is 2.42. The number of nitrogens with zero attached hydrogens (tertiary/aromatic N) is 2. The van der Waals surface area contributed by atoms with Crippen molar-refractivity contribution < 1.29 is 9.32 Å². The summed E-state index contributed by atoms with van der Waals surface area (Å²) in [6.07, 6.45) is 0. The van der Waals surface area contributed by atoms with E-state index in [0.717, 1.165) is 5.69 Å². The second-order valence-corrected chi connectivity index (χ2v) is 4.48. The van der Waals surface area contributed by atoms with Crippen LogP contribution < -0.4 is 10.9 Å². The lowest BCUT2D eigenvalue weighted by Crippen LogP contribution is -2.30. The number of carbonyl (C=O) groups excluding carboxylic acids is 1. The van der Waals surface area contributed by atoms with Gasteiger partial charge in [-0.25, -0.2) is 0 Å². The quantitative estimate of drug-likeness (QED) is 0.889. The highest BCUT2D eigenvalue weighted by molar-refractivity contribution is 6.04. The van der Waals surface area contributed by atoms with Crippen molar-refractivity contribution in [1.29, 1.82) is 0 Å². The molecule has 0 bridgehead atoms. The number of hydrogen-bond donors (Lipinski definition) is 1. The normalized spacial score (nSPS) is 10.5. The number of nitrogens with one attached hydrogen (secondary N) is 1. The molecule has 2 aromatic heterocycles. The van der Waals surface area contributed by atoms with Gasteiger partial charge in [-0.3, -0.25) is 9.59 Å². The van der Waals surface area contributed by atoms with Gasteiger partial charge in [0, 0.05) is 18.8 Å². The molecule has 0 aliphatic carbocycles. The van der Waals surface area contributed by atoms with Gasteiger partial charge in [0.2, 0.25) is 0 Å². The predicted molar refractivity (Wildman–Crippen MR) is 70.4 cm³/mol. The molecule has 1 amide bonds. The Morgan fingerprint density at radius 2 is 2.00 bits per heavy atom. The summed E-state index contributed by atoms with van der Waals surface area (Å²) in [5, 5.41) is 6.22. The molecule has 2 aromatic rings. The fourth-order valence-electron chi connectivity index (χ4n) is 1.86. The highest BCUT2D eigenvalue weighted by Crippen LogP contribution is 2.11. The minimum absolute atomic E-state index is 0.119. The number of pyridine rings is 1. The highest BCUT2D eigenvalue weighted by Gasteiger charge is 2.17. The van der Waals surface area contributed by atoms with Gasteiger partial charge < -0.3 is 14.4 Å². The van der Waals surface area contributed by atoms with Gasteiger partial charge in [0.1, 0.15) is 11.3 Å². The lowest BCUT2D eigenvalue weighted by Gasteiger charge is -2.09. The van der Waals surface area contributed by atoms with Crippen molar-refractivity contribution in [2.45, 2.75) is 20.8 Å². The highest BCUT2D eigenvalue weighted by atomic mass is 16.5. The Kier molecular flexibility index (Phi) is 3.25. The lowest BCUT2D eigenvalue weighted by atomic mass is 10.1. The molecule has 0 aliphatic rings. The van der Waals surface area contributed by atoms with Crippen LogP contribution in [0.3, 0.4) is 0 Å². The largest absolute Gasteiger partial charge is 0.360 e. The minimum atomic E-state index is -0.480. The van der Waals surface area contributed by atoms with E-state index in [1.54, 1.807) is 33.0 Å². The van der Waals surface area contributed by atoms with Crippen LogP contribution in [0.1, 0.15) is 27.4 Å². The van der Waals surface area contributed by atoms with E-state index in [1.165, 1.54) is 4.57 Å². The molecule has 100 valence electrons. The minimum Gasteiger partial charge on any atom is -0.360 e. The summed E-state index contributed by atoms with van der Waals surface area (Å²) in [5.41, 5.74) is 1.23. The first-order chi connectivity index (χ1) is 8.90. The molecule has 0 saturated carbocycles. The zero-order valence-corrected chi connectivity index (χ0v) is 11.3. The number of rotatable bonds is 2. The molecule has 0 spiro atoms. The average molecular weight is 261 g/mol. The molecule has 19 heavy (non-hydrogen) atoms. The Balaban J connectivity index is 2.40. The topological polar surface area (TPSA) is 77.1 Å². The van der Waals surface area contributed by atoms with Crippen molar-refractivity contribution in [3.05, 3.63) is 45.1 Å². The van der Waals surface area contributed by atoms with Crippen molar-refractivity contribution in [2.24, 2.45) is 7.05 Å². The number of anilines is 1. The summed E-state index contributed by atoms with van der Waals surface area (Å²) in [6.45, 7) is 5.27. The number of amides is 1. The van der Waals surface area contributed by atoms with E-state index in [1.807, 2.05) is 6.92 Å². The van der Waals surface area contributed by atoms with Crippen LogP contribution in [0.5, 0.6) is 0 Å². The second kappa shape index (κ2) is 4.72. The summed E-state index contributed by atoms with van der Waals surface area (Å²) < 4.78 is 6.30. The molecule has 0 fully saturated rings. The fraction of sp³-hybridized carbons (Fsp3) is 0.308. The first kappa shape index (κ1) is 13.1. The molecule has 0 saturated heterocycles. The van der Waals surface area contributed by atoms with Crippen LogP contribution in [0, 0.1) is 20.8 Å². The number of aromatic nitrogens is 2. The van der Waals surface area contributed by atoms with Gasteiger partial charge in [0.25, 0.3) is 11.5 Å². The Morgan fingerprint density at radius 3 is 2.58 bits per heavy atom. The molecule has 0 atom stereocenters. The maximum absolute atomic E-state index is 12.1. The summed E-state index contributed by atoms with van der Waals surface area (Å²) in [4.78, 5) is 24.2. The Morgan fingerprint density at radius 1 is 1.32 bits per heavy atom. The molecule has 0 unspecified atom stereocenters. The van der Waals surface area contributed by atoms with Gasteiger partial charge in [-0.15, -0.1) is 0 Å². The zero-order chi connectivity index (χ0) is 14.2. The summed E-state index contributed by atoms with van der Waals surface area (Å²) in [5.74, 6) is 0.403. The van der Waals surface area contributed by atoms with Crippen molar-refractivity contribution in [2.75, 3.05) is 5.32 Å². The van der Waals surface area contributed by atoms with Gasteiger partial charge in [-0.1, -0.05) is 5.16 Å². The third-order valence-corrected chi connectivity index (χ3v) is 2.96. The maximum atomic E-state index is 12.1. The van der Waals surface area contributed by atoms with Crippen LogP contribution in [0.4, 0.5) is 5.82 Å². The Hall–Kier alpha value is -2.37. The van der Waals surface area contributed by atoms with Crippen LogP contribution in [-0.4, -0.2) is 15.6 Å². The average Bonchev–Trinajstić information content (AvgIpc) is 2.72. The molecule has 1 N–H and O–H groups in total. The summed E-state index contributed by atoms with van der Waals surface area (Å²) in [7, 11) is 1.63. The number of aryl methyl sites for hydroxylation is 3. The monoisotopic (exact) mass is 261 g/mol. The third-order valence-electron chi connectivity index (χ3n) is 2.96. The van der Waals surface area contributed by atoms with Crippen molar-refractivity contribution in [3.63, 3.8) is 0 Å². The SMILES string of the molecule is Cc1cc(NC(=O)c2c(C)cc(C)n(C)c2=O)no1. The van der Waals surface area contributed by atoms with E-state index in [0.29, 0.717) is 17.1 Å². The molecule has 6 nitrogen and oxygen atoms in total.